The second-order valence-electron chi connectivity index (χ2n) is 4.57. The van der Waals surface area contributed by atoms with Gasteiger partial charge < -0.3 is 5.32 Å². The van der Waals surface area contributed by atoms with Crippen molar-refractivity contribution in [3.05, 3.63) is 33.8 Å². The minimum atomic E-state index is -3.89. The van der Waals surface area contributed by atoms with E-state index < -0.39 is 19.4 Å². The highest BCUT2D eigenvalue weighted by Crippen LogP contribution is 2.62. The lowest BCUT2D eigenvalue weighted by Gasteiger charge is -2.25. The highest BCUT2D eigenvalue weighted by molar-refractivity contribution is 7.52. The van der Waals surface area contributed by atoms with Crippen LogP contribution in [0.2, 0.25) is 10.0 Å². The minimum Gasteiger partial charge on any atom is -0.319 e. The predicted molar refractivity (Wildman–Crippen MR) is 85.0 cm³/mol. The number of nitrogens with zero attached hydrogens (tertiary/aromatic N) is 1. The van der Waals surface area contributed by atoms with Gasteiger partial charge in [-0.3, -0.25) is 18.6 Å². The van der Waals surface area contributed by atoms with Gasteiger partial charge in [0.1, 0.15) is 0 Å². The van der Waals surface area contributed by atoms with Gasteiger partial charge in [-0.15, -0.1) is 0 Å². The average Bonchev–Trinajstić information content (AvgIpc) is 2.71. The first-order valence-corrected chi connectivity index (χ1v) is 9.04. The quantitative estimate of drug-likeness (QED) is 0.605. The SMILES string of the molecule is CCOP1(=O)OC(NC=O)(c2ccc(Cl)c(Cl)c2)C(=O)N1CC. The fourth-order valence-corrected chi connectivity index (χ4v) is 4.48. The molecular formula is C13H15Cl2N2O5P. The molecule has 0 aliphatic carbocycles. The first-order valence-electron chi connectivity index (χ1n) is 6.79. The Balaban J connectivity index is 2.60. The van der Waals surface area contributed by atoms with Crippen LogP contribution in [0.15, 0.2) is 18.2 Å². The highest BCUT2D eigenvalue weighted by Gasteiger charge is 2.61. The van der Waals surface area contributed by atoms with Gasteiger partial charge in [-0.2, -0.15) is 0 Å². The Labute approximate surface area is 143 Å². The zero-order chi connectivity index (χ0) is 17.3. The van der Waals surface area contributed by atoms with Crippen molar-refractivity contribution in [2.24, 2.45) is 0 Å². The molecule has 126 valence electrons. The van der Waals surface area contributed by atoms with Gasteiger partial charge in [0.25, 0.3) is 11.6 Å². The summed E-state index contributed by atoms with van der Waals surface area (Å²) in [6, 6.07) is 4.27. The second-order valence-corrected chi connectivity index (χ2v) is 7.25. The number of benzene rings is 1. The monoisotopic (exact) mass is 380 g/mol. The summed E-state index contributed by atoms with van der Waals surface area (Å²) in [6.45, 7) is 3.39. The number of likely N-dealkylation sites (N-methyl/N-ethyl adjacent to an activating group) is 1. The maximum Gasteiger partial charge on any atom is 0.440 e. The zero-order valence-electron chi connectivity index (χ0n) is 12.4. The van der Waals surface area contributed by atoms with E-state index >= 15 is 0 Å². The van der Waals surface area contributed by atoms with Crippen LogP contribution >= 0.6 is 30.9 Å². The largest absolute Gasteiger partial charge is 0.440 e. The van der Waals surface area contributed by atoms with E-state index in [0.717, 1.165) is 4.67 Å². The maximum absolute atomic E-state index is 12.8. The second kappa shape index (κ2) is 6.79. The van der Waals surface area contributed by atoms with E-state index in [1.165, 1.54) is 18.2 Å². The standard InChI is InChI=1S/C13H15Cl2N2O5P/c1-3-17-12(19)13(16-8-18,22-23(17,20)21-4-2)9-5-6-10(14)11(15)7-9/h5-8H,3-4H2,1-2H3,(H,16,18). The Morgan fingerprint density at radius 1 is 1.39 bits per heavy atom. The Hall–Kier alpha value is -1.11. The van der Waals surface area contributed by atoms with Crippen LogP contribution in [0.25, 0.3) is 0 Å². The number of carbonyl (C=O) groups is 2. The van der Waals surface area contributed by atoms with Crippen LogP contribution < -0.4 is 5.32 Å². The van der Waals surface area contributed by atoms with Crippen LogP contribution in [-0.2, 0) is 28.9 Å². The summed E-state index contributed by atoms with van der Waals surface area (Å²) in [7, 11) is -3.89. The van der Waals surface area contributed by atoms with Gasteiger partial charge in [0.15, 0.2) is 0 Å². The number of amides is 2. The van der Waals surface area contributed by atoms with Crippen molar-refractivity contribution in [1.82, 2.24) is 9.99 Å². The van der Waals surface area contributed by atoms with Crippen molar-refractivity contribution in [3.8, 4) is 0 Å². The van der Waals surface area contributed by atoms with Crippen LogP contribution in [0.4, 0.5) is 0 Å². The van der Waals surface area contributed by atoms with E-state index in [9.17, 15) is 14.2 Å². The fraction of sp³-hybridized carbons (Fsp3) is 0.385. The third-order valence-electron chi connectivity index (χ3n) is 3.26. The van der Waals surface area contributed by atoms with Crippen molar-refractivity contribution in [1.29, 1.82) is 0 Å². The number of rotatable bonds is 6. The molecule has 0 spiro atoms. The summed E-state index contributed by atoms with van der Waals surface area (Å²) in [5.74, 6) is -0.706. The highest BCUT2D eigenvalue weighted by atomic mass is 35.5. The van der Waals surface area contributed by atoms with E-state index in [0.29, 0.717) is 0 Å². The topological polar surface area (TPSA) is 84.9 Å². The molecule has 23 heavy (non-hydrogen) atoms. The van der Waals surface area contributed by atoms with Gasteiger partial charge in [-0.25, -0.2) is 9.24 Å². The van der Waals surface area contributed by atoms with Gasteiger partial charge in [-0.05, 0) is 26.0 Å². The van der Waals surface area contributed by atoms with Crippen LogP contribution in [0.1, 0.15) is 19.4 Å². The molecule has 1 N–H and O–H groups in total. The summed E-state index contributed by atoms with van der Waals surface area (Å²) >= 11 is 11.8. The summed E-state index contributed by atoms with van der Waals surface area (Å²) in [6.07, 6.45) is 0.288. The molecule has 1 saturated heterocycles. The first-order chi connectivity index (χ1) is 10.8. The van der Waals surface area contributed by atoms with Gasteiger partial charge >= 0.3 is 7.75 Å². The molecule has 0 radical (unpaired) electrons. The molecule has 2 atom stereocenters. The molecule has 2 rings (SSSR count). The third-order valence-corrected chi connectivity index (χ3v) is 6.15. The molecule has 10 heteroatoms. The smallest absolute Gasteiger partial charge is 0.319 e. The normalized spacial score (nSPS) is 27.3. The Morgan fingerprint density at radius 3 is 2.61 bits per heavy atom. The Kier molecular flexibility index (Phi) is 5.38. The fourth-order valence-electron chi connectivity index (χ4n) is 2.28. The summed E-state index contributed by atoms with van der Waals surface area (Å²) < 4.78 is 24.5. The van der Waals surface area contributed by atoms with Gasteiger partial charge in [0.05, 0.1) is 16.7 Å². The van der Waals surface area contributed by atoms with Gasteiger partial charge in [0.2, 0.25) is 6.41 Å². The number of halogens is 2. The van der Waals surface area contributed by atoms with E-state index in [1.54, 1.807) is 13.8 Å². The van der Waals surface area contributed by atoms with Crippen LogP contribution in [0, 0.1) is 0 Å². The van der Waals surface area contributed by atoms with Crippen molar-refractivity contribution in [3.63, 3.8) is 0 Å². The molecule has 1 aliphatic rings. The Bertz CT molecular complexity index is 686. The third kappa shape index (κ3) is 2.99. The van der Waals surface area contributed by atoms with Gasteiger partial charge in [-0.1, -0.05) is 29.3 Å². The van der Waals surface area contributed by atoms with Crippen molar-refractivity contribution >= 4 is 43.3 Å². The number of hydrogen-bond donors (Lipinski definition) is 1. The zero-order valence-corrected chi connectivity index (χ0v) is 14.8. The molecule has 1 aromatic carbocycles. The lowest BCUT2D eigenvalue weighted by Crippen LogP contribution is -2.49. The molecule has 1 aromatic rings. The predicted octanol–water partition coefficient (Wildman–Crippen LogP) is 2.92. The maximum atomic E-state index is 12.8. The van der Waals surface area contributed by atoms with Crippen molar-refractivity contribution < 1.29 is 23.2 Å². The molecule has 1 heterocycles. The van der Waals surface area contributed by atoms with Crippen molar-refractivity contribution in [2.75, 3.05) is 13.2 Å². The number of hydrogen-bond acceptors (Lipinski definition) is 5. The van der Waals surface area contributed by atoms with E-state index in [-0.39, 0.29) is 35.2 Å². The average molecular weight is 381 g/mol. The molecule has 1 aliphatic heterocycles. The molecule has 2 unspecified atom stereocenters. The van der Waals surface area contributed by atoms with Crippen LogP contribution in [-0.4, -0.2) is 30.1 Å². The lowest BCUT2D eigenvalue weighted by atomic mass is 10.0. The Morgan fingerprint density at radius 2 is 2.09 bits per heavy atom. The summed E-state index contributed by atoms with van der Waals surface area (Å²) in [5, 5.41) is 2.73. The number of nitrogens with one attached hydrogen (secondary N) is 1. The molecule has 1 fully saturated rings. The van der Waals surface area contributed by atoms with Gasteiger partial charge in [0, 0.05) is 12.1 Å². The number of carbonyl (C=O) groups excluding carboxylic acids is 2. The molecular weight excluding hydrogens is 366 g/mol. The first kappa shape index (κ1) is 18.2. The molecule has 2 amide bonds. The van der Waals surface area contributed by atoms with E-state index in [2.05, 4.69) is 5.32 Å². The molecule has 0 saturated carbocycles. The summed E-state index contributed by atoms with van der Waals surface area (Å²) in [4.78, 5) is 23.8. The van der Waals surface area contributed by atoms with Crippen LogP contribution in [0.3, 0.4) is 0 Å². The van der Waals surface area contributed by atoms with Crippen LogP contribution in [0.5, 0.6) is 0 Å². The van der Waals surface area contributed by atoms with E-state index in [1.807, 2.05) is 0 Å². The molecule has 0 bridgehead atoms. The lowest BCUT2D eigenvalue weighted by molar-refractivity contribution is -0.142. The molecule has 7 nitrogen and oxygen atoms in total. The van der Waals surface area contributed by atoms with Crippen molar-refractivity contribution in [2.45, 2.75) is 19.6 Å². The minimum absolute atomic E-state index is 0.0690. The molecule has 0 aromatic heterocycles. The van der Waals surface area contributed by atoms with E-state index in [4.69, 9.17) is 32.2 Å². The summed E-state index contributed by atoms with van der Waals surface area (Å²) in [5.41, 5.74) is -1.78.